The summed E-state index contributed by atoms with van der Waals surface area (Å²) in [6.07, 6.45) is 7.39. The molecule has 1 aliphatic heterocycles. The number of hydrogen-bond donors (Lipinski definition) is 0. The van der Waals surface area contributed by atoms with Gasteiger partial charge in [0.2, 0.25) is 0 Å². The van der Waals surface area contributed by atoms with Crippen molar-refractivity contribution in [2.45, 2.75) is 44.6 Å². The molecule has 1 atom stereocenters. The van der Waals surface area contributed by atoms with Crippen LogP contribution in [0.25, 0.3) is 0 Å². The summed E-state index contributed by atoms with van der Waals surface area (Å²) < 4.78 is 0. The van der Waals surface area contributed by atoms with Crippen LogP contribution in [0, 0.1) is 16.0 Å². The third-order valence-electron chi connectivity index (χ3n) is 4.28. The van der Waals surface area contributed by atoms with Gasteiger partial charge in [0.25, 0.3) is 5.69 Å². The summed E-state index contributed by atoms with van der Waals surface area (Å²) in [5.74, 6) is 0.614. The lowest BCUT2D eigenvalue weighted by atomic mass is 9.83. The van der Waals surface area contributed by atoms with Gasteiger partial charge in [0, 0.05) is 18.6 Å². The van der Waals surface area contributed by atoms with Crippen LogP contribution in [0.4, 0.5) is 5.69 Å². The van der Waals surface area contributed by atoms with Gasteiger partial charge in [-0.1, -0.05) is 24.4 Å². The van der Waals surface area contributed by atoms with Crippen LogP contribution < -0.4 is 0 Å². The molecule has 5 nitrogen and oxygen atoms in total. The van der Waals surface area contributed by atoms with Crippen molar-refractivity contribution in [3.8, 4) is 0 Å². The summed E-state index contributed by atoms with van der Waals surface area (Å²) in [6, 6.07) is 6.55. The van der Waals surface area contributed by atoms with Crippen molar-refractivity contribution < 1.29 is 9.76 Å². The minimum atomic E-state index is -0.387. The Morgan fingerprint density at radius 3 is 2.50 bits per heavy atom. The lowest BCUT2D eigenvalue weighted by Gasteiger charge is -2.25. The molecule has 1 fully saturated rings. The molecule has 0 bridgehead atoms. The summed E-state index contributed by atoms with van der Waals surface area (Å²) in [5.41, 5.74) is 1.95. The third-order valence-corrected chi connectivity index (χ3v) is 4.28. The molecule has 0 spiro atoms. The Morgan fingerprint density at radius 2 is 1.85 bits per heavy atom. The fourth-order valence-electron chi connectivity index (χ4n) is 3.10. The van der Waals surface area contributed by atoms with Gasteiger partial charge in [-0.25, -0.2) is 0 Å². The van der Waals surface area contributed by atoms with E-state index < -0.39 is 0 Å². The maximum absolute atomic E-state index is 10.6. The highest BCUT2D eigenvalue weighted by Gasteiger charge is 2.31. The molecule has 0 amide bonds. The molecule has 3 rings (SSSR count). The van der Waals surface area contributed by atoms with Crippen molar-refractivity contribution in [1.82, 2.24) is 0 Å². The van der Waals surface area contributed by atoms with Crippen LogP contribution in [0.2, 0.25) is 0 Å². The molecule has 0 aromatic heterocycles. The first-order valence-corrected chi connectivity index (χ1v) is 7.21. The summed E-state index contributed by atoms with van der Waals surface area (Å²) in [6.45, 7) is 0. The molecular formula is C15H18N2O3. The van der Waals surface area contributed by atoms with Crippen LogP contribution in [0.5, 0.6) is 0 Å². The summed E-state index contributed by atoms with van der Waals surface area (Å²) >= 11 is 0. The normalized spacial score (nSPS) is 23.2. The fourth-order valence-corrected chi connectivity index (χ4v) is 3.10. The van der Waals surface area contributed by atoms with E-state index in [1.165, 1.54) is 44.2 Å². The lowest BCUT2D eigenvalue weighted by molar-refractivity contribution is -0.384. The highest BCUT2D eigenvalue weighted by molar-refractivity contribution is 6.01. The average Bonchev–Trinajstić information content (AvgIpc) is 2.98. The number of oxime groups is 1. The molecule has 1 heterocycles. The first-order chi connectivity index (χ1) is 9.74. The number of nitro benzene ring substituents is 1. The van der Waals surface area contributed by atoms with Crippen molar-refractivity contribution >= 4 is 11.4 Å². The van der Waals surface area contributed by atoms with E-state index in [1.54, 1.807) is 12.1 Å². The number of rotatable bonds is 3. The van der Waals surface area contributed by atoms with Gasteiger partial charge in [0.15, 0.2) is 0 Å². The zero-order valence-corrected chi connectivity index (χ0v) is 11.3. The van der Waals surface area contributed by atoms with Crippen molar-refractivity contribution in [1.29, 1.82) is 0 Å². The average molecular weight is 274 g/mol. The Bertz CT molecular complexity index is 518. The van der Waals surface area contributed by atoms with Gasteiger partial charge < -0.3 is 4.84 Å². The number of benzene rings is 1. The Kier molecular flexibility index (Phi) is 3.67. The SMILES string of the molecule is O=[N+]([O-])c1ccc(C2=NOC(C3CCCCC3)C2)cc1. The van der Waals surface area contributed by atoms with Crippen LogP contribution >= 0.6 is 0 Å². The zero-order chi connectivity index (χ0) is 13.9. The molecule has 0 N–H and O–H groups in total. The first kappa shape index (κ1) is 13.1. The highest BCUT2D eigenvalue weighted by Crippen LogP contribution is 2.33. The van der Waals surface area contributed by atoms with Gasteiger partial charge >= 0.3 is 0 Å². The van der Waals surface area contributed by atoms with Gasteiger partial charge in [-0.05, 0) is 36.5 Å². The van der Waals surface area contributed by atoms with Crippen LogP contribution in [0.3, 0.4) is 0 Å². The van der Waals surface area contributed by atoms with Crippen molar-refractivity contribution in [2.75, 3.05) is 0 Å². The molecule has 0 saturated heterocycles. The molecule has 1 aliphatic carbocycles. The summed E-state index contributed by atoms with van der Waals surface area (Å²) in [7, 11) is 0. The maximum atomic E-state index is 10.6. The minimum Gasteiger partial charge on any atom is -0.392 e. The van der Waals surface area contributed by atoms with E-state index in [0.29, 0.717) is 5.92 Å². The highest BCUT2D eigenvalue weighted by atomic mass is 16.6. The van der Waals surface area contributed by atoms with E-state index in [9.17, 15) is 10.1 Å². The number of nitro groups is 1. The molecule has 1 aromatic carbocycles. The van der Waals surface area contributed by atoms with Gasteiger partial charge in [-0.2, -0.15) is 0 Å². The monoisotopic (exact) mass is 274 g/mol. The Labute approximate surface area is 117 Å². The topological polar surface area (TPSA) is 64.7 Å². The molecule has 1 aromatic rings. The van der Waals surface area contributed by atoms with Crippen LogP contribution in [0.1, 0.15) is 44.1 Å². The smallest absolute Gasteiger partial charge is 0.269 e. The van der Waals surface area contributed by atoms with E-state index in [-0.39, 0.29) is 16.7 Å². The standard InChI is InChI=1S/C15H18N2O3/c18-17(19)13-8-6-11(7-9-13)14-10-15(20-16-14)12-4-2-1-3-5-12/h6-9,12,15H,1-5,10H2. The molecular weight excluding hydrogens is 256 g/mol. The van der Waals surface area contributed by atoms with Crippen LogP contribution in [-0.4, -0.2) is 16.7 Å². The van der Waals surface area contributed by atoms with Crippen molar-refractivity contribution in [3.05, 3.63) is 39.9 Å². The van der Waals surface area contributed by atoms with Crippen molar-refractivity contribution in [3.63, 3.8) is 0 Å². The predicted octanol–water partition coefficient (Wildman–Crippen LogP) is 3.67. The molecule has 2 aliphatic rings. The first-order valence-electron chi connectivity index (χ1n) is 7.21. The van der Waals surface area contributed by atoms with Gasteiger partial charge in [0.05, 0.1) is 10.6 Å². The van der Waals surface area contributed by atoms with Gasteiger partial charge in [-0.15, -0.1) is 0 Å². The zero-order valence-electron chi connectivity index (χ0n) is 11.3. The summed E-state index contributed by atoms with van der Waals surface area (Å²) in [4.78, 5) is 15.8. The Hall–Kier alpha value is -1.91. The molecule has 1 saturated carbocycles. The molecule has 20 heavy (non-hydrogen) atoms. The second-order valence-corrected chi connectivity index (χ2v) is 5.59. The number of hydrogen-bond acceptors (Lipinski definition) is 4. The van der Waals surface area contributed by atoms with Crippen LogP contribution in [0.15, 0.2) is 29.4 Å². The number of nitrogens with zero attached hydrogens (tertiary/aromatic N) is 2. The van der Waals surface area contributed by atoms with Crippen LogP contribution in [-0.2, 0) is 4.84 Å². The van der Waals surface area contributed by atoms with E-state index in [1.807, 2.05) is 0 Å². The summed E-state index contributed by atoms with van der Waals surface area (Å²) in [5, 5.41) is 14.8. The quantitative estimate of drug-likeness (QED) is 0.624. The largest absolute Gasteiger partial charge is 0.392 e. The van der Waals surface area contributed by atoms with E-state index in [0.717, 1.165) is 17.7 Å². The molecule has 1 unspecified atom stereocenters. The van der Waals surface area contributed by atoms with Crippen molar-refractivity contribution in [2.24, 2.45) is 11.1 Å². The lowest BCUT2D eigenvalue weighted by Crippen LogP contribution is -2.23. The predicted molar refractivity (Wildman–Crippen MR) is 75.7 cm³/mol. The third kappa shape index (κ3) is 2.66. The number of non-ortho nitro benzene ring substituents is 1. The second kappa shape index (κ2) is 5.61. The van der Waals surface area contributed by atoms with E-state index in [4.69, 9.17) is 4.84 Å². The molecule has 0 radical (unpaired) electrons. The maximum Gasteiger partial charge on any atom is 0.269 e. The van der Waals surface area contributed by atoms with Gasteiger partial charge in [0.1, 0.15) is 6.10 Å². The Morgan fingerprint density at radius 1 is 1.15 bits per heavy atom. The molecule has 5 heteroatoms. The molecule has 106 valence electrons. The Balaban J connectivity index is 1.65. The fraction of sp³-hybridized carbons (Fsp3) is 0.533. The minimum absolute atomic E-state index is 0.108. The second-order valence-electron chi connectivity index (χ2n) is 5.59. The van der Waals surface area contributed by atoms with Gasteiger partial charge in [-0.3, -0.25) is 10.1 Å². The van der Waals surface area contributed by atoms with E-state index in [2.05, 4.69) is 5.16 Å². The van der Waals surface area contributed by atoms with E-state index >= 15 is 0 Å².